The number of phenols is 1. The van der Waals surface area contributed by atoms with E-state index in [1.165, 1.54) is 32.0 Å². The molecule has 0 amide bonds. The van der Waals surface area contributed by atoms with Crippen molar-refractivity contribution in [2.24, 2.45) is 4.99 Å². The number of thioether (sulfide) groups is 1. The largest absolute Gasteiger partial charge is 0.508 e. The lowest BCUT2D eigenvalue weighted by molar-refractivity contribution is -0.133. The number of benzene rings is 1. The summed E-state index contributed by atoms with van der Waals surface area (Å²) in [5, 5.41) is 9.37. The van der Waals surface area contributed by atoms with Gasteiger partial charge in [0, 0.05) is 12.0 Å². The molecule has 0 bridgehead atoms. The molecule has 6 heteroatoms. The number of aromatic hydroxyl groups is 1. The molecular weight excluding hydrogens is 242 g/mol. The van der Waals surface area contributed by atoms with E-state index in [-0.39, 0.29) is 11.5 Å². The first-order valence-electron chi connectivity index (χ1n) is 4.85. The van der Waals surface area contributed by atoms with E-state index in [1.807, 2.05) is 0 Å². The summed E-state index contributed by atoms with van der Waals surface area (Å²) in [5.74, 6) is -0.356. The van der Waals surface area contributed by atoms with Gasteiger partial charge in [-0.2, -0.15) is 0 Å². The van der Waals surface area contributed by atoms with Crippen molar-refractivity contribution in [1.29, 1.82) is 0 Å². The maximum atomic E-state index is 11.5. The van der Waals surface area contributed by atoms with Crippen molar-refractivity contribution in [3.63, 3.8) is 0 Å². The monoisotopic (exact) mass is 253 g/mol. The molecule has 2 rings (SSSR count). The van der Waals surface area contributed by atoms with Gasteiger partial charge in [-0.3, -0.25) is 0 Å². The predicted molar refractivity (Wildman–Crippen MR) is 63.9 cm³/mol. The van der Waals surface area contributed by atoms with Crippen molar-refractivity contribution in [3.8, 4) is 5.75 Å². The zero-order valence-electron chi connectivity index (χ0n) is 9.34. The Morgan fingerprint density at radius 2 is 2.24 bits per heavy atom. The fourth-order valence-corrected chi connectivity index (χ4v) is 2.46. The van der Waals surface area contributed by atoms with Crippen LogP contribution in [0.1, 0.15) is 0 Å². The molecule has 90 valence electrons. The van der Waals surface area contributed by atoms with Crippen LogP contribution in [0.25, 0.3) is 0 Å². The van der Waals surface area contributed by atoms with Crippen LogP contribution in [0.4, 0.5) is 5.69 Å². The van der Waals surface area contributed by atoms with Crippen LogP contribution < -0.4 is 0 Å². The molecule has 1 unspecified atom stereocenters. The number of nitrogens with zero attached hydrogens (tertiary/aromatic N) is 1. The summed E-state index contributed by atoms with van der Waals surface area (Å²) in [7, 11) is 2.79. The molecule has 1 heterocycles. The number of phenolic OH excluding ortho intramolecular Hbond substituents is 1. The van der Waals surface area contributed by atoms with E-state index in [2.05, 4.69) is 9.73 Å². The van der Waals surface area contributed by atoms with E-state index in [0.29, 0.717) is 5.69 Å². The highest BCUT2D eigenvalue weighted by molar-refractivity contribution is 8.00. The number of ether oxygens (including phenoxy) is 2. The summed E-state index contributed by atoms with van der Waals surface area (Å²) >= 11 is 1.31. The molecule has 0 aliphatic carbocycles. The fourth-order valence-electron chi connectivity index (χ4n) is 1.45. The summed E-state index contributed by atoms with van der Waals surface area (Å²) < 4.78 is 9.82. The lowest BCUT2D eigenvalue weighted by Crippen LogP contribution is -2.30. The third-order valence-corrected chi connectivity index (χ3v) is 3.46. The number of carbonyl (C=O) groups is 1. The fraction of sp³-hybridized carbons (Fsp3) is 0.273. The Morgan fingerprint density at radius 3 is 2.88 bits per heavy atom. The second-order valence-corrected chi connectivity index (χ2v) is 4.43. The average molecular weight is 253 g/mol. The van der Waals surface area contributed by atoms with Crippen LogP contribution in [-0.2, 0) is 14.3 Å². The standard InChI is InChI=1S/C11H11NO4S/c1-15-10(14)9-11(16-2)17-8-5-6(13)3-4-7(8)12-9/h3-5,11,13H,1-2H3. The van der Waals surface area contributed by atoms with Gasteiger partial charge in [0.2, 0.25) is 0 Å². The first kappa shape index (κ1) is 11.9. The summed E-state index contributed by atoms with van der Waals surface area (Å²) in [6, 6.07) is 4.75. The highest BCUT2D eigenvalue weighted by atomic mass is 32.2. The summed E-state index contributed by atoms with van der Waals surface area (Å²) in [4.78, 5) is 16.5. The molecule has 1 aliphatic rings. The second kappa shape index (κ2) is 4.77. The average Bonchev–Trinajstić information content (AvgIpc) is 2.36. The predicted octanol–water partition coefficient (Wildman–Crippen LogP) is 1.72. The number of hydrogen-bond donors (Lipinski definition) is 1. The smallest absolute Gasteiger partial charge is 0.356 e. The maximum absolute atomic E-state index is 11.5. The van der Waals surface area contributed by atoms with Gasteiger partial charge < -0.3 is 14.6 Å². The minimum Gasteiger partial charge on any atom is -0.508 e. The topological polar surface area (TPSA) is 68.1 Å². The normalized spacial score (nSPS) is 18.2. The van der Waals surface area contributed by atoms with Crippen LogP contribution in [-0.4, -0.2) is 36.4 Å². The van der Waals surface area contributed by atoms with Crippen molar-refractivity contribution < 1.29 is 19.4 Å². The molecule has 1 aromatic rings. The molecule has 17 heavy (non-hydrogen) atoms. The van der Waals surface area contributed by atoms with E-state index in [0.717, 1.165) is 4.90 Å². The molecule has 1 aromatic carbocycles. The molecule has 0 saturated heterocycles. The van der Waals surface area contributed by atoms with Gasteiger partial charge >= 0.3 is 5.97 Å². The highest BCUT2D eigenvalue weighted by Gasteiger charge is 2.29. The van der Waals surface area contributed by atoms with E-state index < -0.39 is 11.4 Å². The Hall–Kier alpha value is -1.53. The molecule has 0 fully saturated rings. The Kier molecular flexibility index (Phi) is 3.35. The number of rotatable bonds is 2. The number of methoxy groups -OCH3 is 2. The Labute approximate surface area is 102 Å². The zero-order chi connectivity index (χ0) is 12.4. The van der Waals surface area contributed by atoms with E-state index in [9.17, 15) is 9.90 Å². The van der Waals surface area contributed by atoms with E-state index in [4.69, 9.17) is 4.74 Å². The molecular formula is C11H11NO4S. The highest BCUT2D eigenvalue weighted by Crippen LogP contribution is 2.40. The maximum Gasteiger partial charge on any atom is 0.356 e. The lowest BCUT2D eigenvalue weighted by atomic mass is 10.3. The molecule has 0 aromatic heterocycles. The second-order valence-electron chi connectivity index (χ2n) is 3.33. The Bertz CT molecular complexity index is 486. The Morgan fingerprint density at radius 1 is 1.47 bits per heavy atom. The van der Waals surface area contributed by atoms with Crippen molar-refractivity contribution in [3.05, 3.63) is 18.2 Å². The van der Waals surface area contributed by atoms with Crippen LogP contribution in [0, 0.1) is 0 Å². The molecule has 1 aliphatic heterocycles. The van der Waals surface area contributed by atoms with Crippen LogP contribution in [0.5, 0.6) is 5.75 Å². The van der Waals surface area contributed by atoms with Gasteiger partial charge in [0.1, 0.15) is 5.75 Å². The lowest BCUT2D eigenvalue weighted by Gasteiger charge is -2.21. The molecule has 0 saturated carbocycles. The minimum atomic E-state index is -0.517. The quantitative estimate of drug-likeness (QED) is 0.813. The first-order chi connectivity index (χ1) is 8.15. The molecule has 0 radical (unpaired) electrons. The van der Waals surface area contributed by atoms with Gasteiger partial charge in [-0.25, -0.2) is 9.79 Å². The number of esters is 1. The third kappa shape index (κ3) is 2.27. The van der Waals surface area contributed by atoms with Gasteiger partial charge in [-0.15, -0.1) is 0 Å². The molecule has 5 nitrogen and oxygen atoms in total. The third-order valence-electron chi connectivity index (χ3n) is 2.25. The molecule has 0 spiro atoms. The summed E-state index contributed by atoms with van der Waals surface area (Å²) in [6.07, 6.45) is 0. The van der Waals surface area contributed by atoms with Gasteiger partial charge in [0.05, 0.1) is 12.8 Å². The number of hydrogen-bond acceptors (Lipinski definition) is 6. The number of aliphatic imine (C=N–C) groups is 1. The van der Waals surface area contributed by atoms with Crippen molar-refractivity contribution >= 4 is 29.1 Å². The van der Waals surface area contributed by atoms with Crippen LogP contribution in [0.2, 0.25) is 0 Å². The van der Waals surface area contributed by atoms with Gasteiger partial charge in [0.15, 0.2) is 11.1 Å². The number of carbonyl (C=O) groups excluding carboxylic acids is 1. The zero-order valence-corrected chi connectivity index (χ0v) is 10.2. The van der Waals surface area contributed by atoms with Crippen molar-refractivity contribution in [2.75, 3.05) is 14.2 Å². The van der Waals surface area contributed by atoms with Gasteiger partial charge in [0.25, 0.3) is 0 Å². The van der Waals surface area contributed by atoms with Crippen molar-refractivity contribution in [1.82, 2.24) is 0 Å². The van der Waals surface area contributed by atoms with Gasteiger partial charge in [-0.05, 0) is 18.2 Å². The number of fused-ring (bicyclic) bond motifs is 1. The summed E-state index contributed by atoms with van der Waals surface area (Å²) in [6.45, 7) is 0. The van der Waals surface area contributed by atoms with E-state index >= 15 is 0 Å². The molecule has 1 N–H and O–H groups in total. The Balaban J connectivity index is 2.45. The van der Waals surface area contributed by atoms with E-state index in [1.54, 1.807) is 12.1 Å². The van der Waals surface area contributed by atoms with Crippen molar-refractivity contribution in [2.45, 2.75) is 10.3 Å². The van der Waals surface area contributed by atoms with Crippen LogP contribution in [0.15, 0.2) is 28.1 Å². The molecule has 1 atom stereocenters. The van der Waals surface area contributed by atoms with Crippen LogP contribution in [0.3, 0.4) is 0 Å². The summed E-state index contributed by atoms with van der Waals surface area (Å²) in [5.41, 5.74) is 0.330. The minimum absolute atomic E-state index is 0.155. The van der Waals surface area contributed by atoms with Gasteiger partial charge in [-0.1, -0.05) is 11.8 Å². The first-order valence-corrected chi connectivity index (χ1v) is 5.73. The van der Waals surface area contributed by atoms with Crippen LogP contribution >= 0.6 is 11.8 Å². The SMILES string of the molecule is COC(=O)C1=Nc2ccc(O)cc2SC1OC.